The third-order valence-corrected chi connectivity index (χ3v) is 4.96. The Bertz CT molecular complexity index is 812. The Morgan fingerprint density at radius 2 is 1.96 bits per heavy atom. The van der Waals surface area contributed by atoms with Gasteiger partial charge in [-0.25, -0.2) is 4.39 Å². The van der Waals surface area contributed by atoms with Crippen molar-refractivity contribution < 1.29 is 19.1 Å². The van der Waals surface area contributed by atoms with Gasteiger partial charge in [-0.05, 0) is 41.5 Å². The van der Waals surface area contributed by atoms with Crippen molar-refractivity contribution in [2.45, 2.75) is 31.2 Å². The van der Waals surface area contributed by atoms with Crippen LogP contribution >= 0.6 is 11.6 Å². The van der Waals surface area contributed by atoms with Gasteiger partial charge in [-0.1, -0.05) is 48.0 Å². The lowest BCUT2D eigenvalue weighted by atomic mass is 10.0. The fourth-order valence-corrected chi connectivity index (χ4v) is 3.35. The first-order chi connectivity index (χ1) is 12.4. The molecule has 0 aromatic heterocycles. The summed E-state index contributed by atoms with van der Waals surface area (Å²) in [6.45, 7) is 0. The van der Waals surface area contributed by atoms with E-state index < -0.39 is 17.8 Å². The predicted octanol–water partition coefficient (Wildman–Crippen LogP) is 4.30. The van der Waals surface area contributed by atoms with Gasteiger partial charge < -0.3 is 10.4 Å². The number of nitrogens with one attached hydrogen (secondary N) is 1. The largest absolute Gasteiger partial charge is 0.481 e. The Morgan fingerprint density at radius 1 is 1.23 bits per heavy atom. The standard InChI is InChI=1S/C20H19ClFNO3/c21-16-7-6-13(9-17(16)22)18(11-20(25)26)23-19(24)10-14-8-15(14)12-4-2-1-3-5-12/h1-7,9,14-15,18H,8,10-11H2,(H,23,24)(H,25,26)/t14-,15-,18?/m0/s1. The highest BCUT2D eigenvalue weighted by Crippen LogP contribution is 2.49. The second kappa shape index (κ2) is 7.87. The minimum atomic E-state index is -1.07. The Morgan fingerprint density at radius 3 is 2.62 bits per heavy atom. The van der Waals surface area contributed by atoms with Crippen molar-refractivity contribution >= 4 is 23.5 Å². The van der Waals surface area contributed by atoms with E-state index >= 15 is 0 Å². The maximum Gasteiger partial charge on any atom is 0.305 e. The number of benzene rings is 2. The van der Waals surface area contributed by atoms with Crippen molar-refractivity contribution in [2.75, 3.05) is 0 Å². The van der Waals surface area contributed by atoms with Crippen LogP contribution in [0.25, 0.3) is 0 Å². The van der Waals surface area contributed by atoms with Crippen LogP contribution in [0.15, 0.2) is 48.5 Å². The first kappa shape index (κ1) is 18.4. The molecule has 2 aromatic rings. The number of rotatable bonds is 7. The topological polar surface area (TPSA) is 66.4 Å². The second-order valence-corrected chi connectivity index (χ2v) is 7.02. The van der Waals surface area contributed by atoms with Gasteiger partial charge in [0, 0.05) is 6.42 Å². The van der Waals surface area contributed by atoms with Crippen molar-refractivity contribution in [1.82, 2.24) is 5.32 Å². The highest BCUT2D eigenvalue weighted by atomic mass is 35.5. The molecule has 1 aliphatic rings. The van der Waals surface area contributed by atoms with Crippen LogP contribution in [-0.4, -0.2) is 17.0 Å². The normalized spacial score (nSPS) is 19.6. The molecule has 2 aromatic carbocycles. The minimum Gasteiger partial charge on any atom is -0.481 e. The van der Waals surface area contributed by atoms with Crippen LogP contribution in [0.5, 0.6) is 0 Å². The summed E-state index contributed by atoms with van der Waals surface area (Å²) in [6, 6.07) is 13.3. The summed E-state index contributed by atoms with van der Waals surface area (Å²) >= 11 is 5.67. The first-order valence-electron chi connectivity index (χ1n) is 8.45. The van der Waals surface area contributed by atoms with Crippen LogP contribution in [0.1, 0.15) is 42.3 Å². The van der Waals surface area contributed by atoms with Gasteiger partial charge in [0.15, 0.2) is 0 Å². The van der Waals surface area contributed by atoms with E-state index in [0.717, 1.165) is 6.42 Å². The Kier molecular flexibility index (Phi) is 5.57. The van der Waals surface area contributed by atoms with Crippen molar-refractivity contribution in [1.29, 1.82) is 0 Å². The number of carboxylic acids is 1. The van der Waals surface area contributed by atoms with E-state index in [-0.39, 0.29) is 23.3 Å². The molecule has 0 heterocycles. The molecule has 0 radical (unpaired) electrons. The van der Waals surface area contributed by atoms with Gasteiger partial charge in [-0.15, -0.1) is 0 Å². The molecule has 3 rings (SSSR count). The summed E-state index contributed by atoms with van der Waals surface area (Å²) in [5.74, 6) is -1.31. The second-order valence-electron chi connectivity index (χ2n) is 6.61. The smallest absolute Gasteiger partial charge is 0.305 e. The molecular formula is C20H19ClFNO3. The molecule has 3 atom stereocenters. The zero-order valence-electron chi connectivity index (χ0n) is 14.0. The lowest BCUT2D eigenvalue weighted by Gasteiger charge is -2.18. The van der Waals surface area contributed by atoms with Gasteiger partial charge in [-0.2, -0.15) is 0 Å². The summed E-state index contributed by atoms with van der Waals surface area (Å²) in [7, 11) is 0. The highest BCUT2D eigenvalue weighted by molar-refractivity contribution is 6.30. The van der Waals surface area contributed by atoms with Crippen molar-refractivity contribution in [3.8, 4) is 0 Å². The van der Waals surface area contributed by atoms with E-state index in [0.29, 0.717) is 17.9 Å². The Balaban J connectivity index is 1.62. The number of hydrogen-bond donors (Lipinski definition) is 2. The SMILES string of the molecule is O=C(O)CC(NC(=O)C[C@@H]1C[C@H]1c1ccccc1)c1ccc(Cl)c(F)c1. The number of amides is 1. The Hall–Kier alpha value is -2.40. The highest BCUT2D eigenvalue weighted by Gasteiger charge is 2.39. The number of carbonyl (C=O) groups is 2. The van der Waals surface area contributed by atoms with Crippen LogP contribution in [0, 0.1) is 11.7 Å². The summed E-state index contributed by atoms with van der Waals surface area (Å²) in [5.41, 5.74) is 1.60. The van der Waals surface area contributed by atoms with E-state index in [1.54, 1.807) is 0 Å². The molecule has 1 saturated carbocycles. The number of hydrogen-bond acceptors (Lipinski definition) is 2. The van der Waals surface area contributed by atoms with Crippen molar-refractivity contribution in [2.24, 2.45) is 5.92 Å². The molecule has 1 unspecified atom stereocenters. The summed E-state index contributed by atoms with van der Waals surface area (Å²) in [4.78, 5) is 23.5. The van der Waals surface area contributed by atoms with Gasteiger partial charge in [0.1, 0.15) is 5.82 Å². The van der Waals surface area contributed by atoms with Crippen LogP contribution in [0.4, 0.5) is 4.39 Å². The molecule has 4 nitrogen and oxygen atoms in total. The fourth-order valence-electron chi connectivity index (χ4n) is 3.23. The number of aliphatic carboxylic acids is 1. The first-order valence-corrected chi connectivity index (χ1v) is 8.83. The van der Waals surface area contributed by atoms with Crippen LogP contribution in [0.3, 0.4) is 0 Å². The van der Waals surface area contributed by atoms with E-state index in [1.165, 1.54) is 23.8 Å². The van der Waals surface area contributed by atoms with Crippen LogP contribution < -0.4 is 5.32 Å². The molecule has 0 spiro atoms. The molecule has 1 aliphatic carbocycles. The van der Waals surface area contributed by atoms with E-state index in [1.807, 2.05) is 30.3 Å². The van der Waals surface area contributed by atoms with Gasteiger partial charge in [0.2, 0.25) is 5.91 Å². The van der Waals surface area contributed by atoms with E-state index in [9.17, 15) is 14.0 Å². The van der Waals surface area contributed by atoms with Gasteiger partial charge in [0.25, 0.3) is 0 Å². The third-order valence-electron chi connectivity index (χ3n) is 4.66. The Labute approximate surface area is 156 Å². The van der Waals surface area contributed by atoms with Gasteiger partial charge >= 0.3 is 5.97 Å². The molecule has 2 N–H and O–H groups in total. The lowest BCUT2D eigenvalue weighted by molar-refractivity contribution is -0.137. The maximum absolute atomic E-state index is 13.7. The number of halogens is 2. The van der Waals surface area contributed by atoms with Crippen molar-refractivity contribution in [3.05, 3.63) is 70.5 Å². The average molecular weight is 376 g/mol. The molecule has 1 amide bonds. The molecule has 0 bridgehead atoms. The lowest BCUT2D eigenvalue weighted by Crippen LogP contribution is -2.30. The van der Waals surface area contributed by atoms with Crippen LogP contribution in [-0.2, 0) is 9.59 Å². The monoisotopic (exact) mass is 375 g/mol. The maximum atomic E-state index is 13.7. The van der Waals surface area contributed by atoms with Gasteiger partial charge in [0.05, 0.1) is 17.5 Å². The molecule has 6 heteroatoms. The third kappa shape index (κ3) is 4.61. The summed E-state index contributed by atoms with van der Waals surface area (Å²) in [5, 5.41) is 11.8. The number of carboxylic acid groups (broad SMARTS) is 1. The van der Waals surface area contributed by atoms with Crippen LogP contribution in [0.2, 0.25) is 5.02 Å². The molecule has 1 fully saturated rings. The van der Waals surface area contributed by atoms with Gasteiger partial charge in [-0.3, -0.25) is 9.59 Å². The molecule has 136 valence electrons. The minimum absolute atomic E-state index is 0.0437. The average Bonchev–Trinajstić information content (AvgIpc) is 3.36. The predicted molar refractivity (Wildman–Crippen MR) is 96.5 cm³/mol. The molecule has 0 saturated heterocycles. The molecular weight excluding hydrogens is 357 g/mol. The quantitative estimate of drug-likeness (QED) is 0.758. The number of carbonyl (C=O) groups excluding carboxylic acids is 1. The molecule has 26 heavy (non-hydrogen) atoms. The van der Waals surface area contributed by atoms with E-state index in [4.69, 9.17) is 16.7 Å². The fraction of sp³-hybridized carbons (Fsp3) is 0.300. The van der Waals surface area contributed by atoms with E-state index in [2.05, 4.69) is 5.32 Å². The summed E-state index contributed by atoms with van der Waals surface area (Å²) < 4.78 is 13.7. The zero-order chi connectivity index (χ0) is 18.7. The zero-order valence-corrected chi connectivity index (χ0v) is 14.7. The summed E-state index contributed by atoms with van der Waals surface area (Å²) in [6.07, 6.45) is 0.946. The molecule has 0 aliphatic heterocycles. The van der Waals surface area contributed by atoms with Crippen molar-refractivity contribution in [3.63, 3.8) is 0 Å².